The predicted octanol–water partition coefficient (Wildman–Crippen LogP) is 13.3. The van der Waals surface area contributed by atoms with Gasteiger partial charge in [-0.25, -0.2) is 9.13 Å². The van der Waals surface area contributed by atoms with Crippen LogP contribution >= 0.6 is 31.9 Å². The molecule has 12 aromatic rings. The quantitative estimate of drug-likeness (QED) is 0.155. The van der Waals surface area contributed by atoms with Gasteiger partial charge in [0.2, 0.25) is 0 Å². The van der Waals surface area contributed by atoms with Crippen molar-refractivity contribution >= 4 is 137 Å². The van der Waals surface area contributed by atoms with Crippen LogP contribution in [0.25, 0.3) is 81.5 Å². The first-order chi connectivity index (χ1) is 35.0. The summed E-state index contributed by atoms with van der Waals surface area (Å²) in [5.41, 5.74) is 13.4. The van der Waals surface area contributed by atoms with Gasteiger partial charge in [-0.2, -0.15) is 0 Å². The molecule has 0 saturated heterocycles. The van der Waals surface area contributed by atoms with E-state index in [1.807, 2.05) is 0 Å². The molecule has 0 fully saturated rings. The van der Waals surface area contributed by atoms with Crippen LogP contribution in [0.1, 0.15) is 39.1 Å². The average Bonchev–Trinajstić information content (AvgIpc) is 4.23. The standard InChI is InChI=1S/C63H32Br2N6/c64-43-21-17-33(18-22-43)53-55-45-25-35-9-1-5-13-39(35)29-49(45)59-66-60-51-31-41-15-7-3-11-37(41)27-47(51)57-54(34-19-23-44(65)24-20-34)58-48-28-38-12-4-8-16-42(38)32-52(48)62-67-61-50-30-40-14-6-2-10-36(40)26-46(50)56(53)69(61)63(68(55)59,70(57)60)71(58)62/h1-32H/q+2. The van der Waals surface area contributed by atoms with E-state index in [1.54, 1.807) is 0 Å². The number of halogens is 2. The zero-order valence-electron chi connectivity index (χ0n) is 37.4. The first-order valence-corrected chi connectivity index (χ1v) is 25.6. The Hall–Kier alpha value is -8.30. The second-order valence-corrected chi connectivity index (χ2v) is 21.4. The van der Waals surface area contributed by atoms with E-state index in [1.165, 1.54) is 43.1 Å². The lowest BCUT2D eigenvalue weighted by molar-refractivity contribution is -0.798. The number of benzene rings is 10. The first kappa shape index (κ1) is 37.6. The third-order valence-electron chi connectivity index (χ3n) is 16.1. The summed E-state index contributed by atoms with van der Waals surface area (Å²) in [6.07, 6.45) is 0. The summed E-state index contributed by atoms with van der Waals surface area (Å²) < 4.78 is 12.6. The molecular weight excluding hydrogens is 1000 g/mol. The summed E-state index contributed by atoms with van der Waals surface area (Å²) in [5.74, 6) is 1.65. The largest absolute Gasteiger partial charge is 0.441 e. The molecule has 18 rings (SSSR count). The molecule has 0 radical (unpaired) electrons. The van der Waals surface area contributed by atoms with Gasteiger partial charge in [-0.15, -0.1) is 9.15 Å². The molecular formula is C63H32Br2N6+2. The fraction of sp³-hybridized carbons (Fsp3) is 0.0159. The Morgan fingerprint density at radius 1 is 0.408 bits per heavy atom. The van der Waals surface area contributed by atoms with Gasteiger partial charge in [-0.05, 0) is 137 Å². The van der Waals surface area contributed by atoms with Crippen molar-refractivity contribution in [1.29, 1.82) is 0 Å². The highest BCUT2D eigenvalue weighted by Gasteiger charge is 2.71. The Morgan fingerprint density at radius 3 is 1.48 bits per heavy atom. The van der Waals surface area contributed by atoms with Crippen LogP contribution < -0.4 is 10.8 Å². The molecule has 6 nitrogen and oxygen atoms in total. The van der Waals surface area contributed by atoms with Crippen LogP contribution in [0, 0.1) is 0 Å². The molecule has 71 heavy (non-hydrogen) atoms. The van der Waals surface area contributed by atoms with E-state index in [0.717, 1.165) is 120 Å². The van der Waals surface area contributed by atoms with Gasteiger partial charge in [0.25, 0.3) is 11.3 Å². The highest BCUT2D eigenvalue weighted by molar-refractivity contribution is 9.10. The van der Waals surface area contributed by atoms with Crippen LogP contribution in [-0.4, -0.2) is 35.7 Å². The van der Waals surface area contributed by atoms with Crippen molar-refractivity contribution in [2.75, 3.05) is 0 Å². The van der Waals surface area contributed by atoms with Crippen LogP contribution in [-0.2, 0) is 5.91 Å². The lowest BCUT2D eigenvalue weighted by atomic mass is 9.90. The van der Waals surface area contributed by atoms with E-state index in [-0.39, 0.29) is 0 Å². The fourth-order valence-electron chi connectivity index (χ4n) is 13.3. The lowest BCUT2D eigenvalue weighted by Gasteiger charge is -2.42. The molecule has 1 spiro atoms. The van der Waals surface area contributed by atoms with E-state index in [4.69, 9.17) is 9.98 Å². The molecule has 10 aromatic carbocycles. The number of hydrogen-bond donors (Lipinski definition) is 0. The second kappa shape index (κ2) is 12.7. The van der Waals surface area contributed by atoms with Crippen LogP contribution in [0.4, 0.5) is 5.82 Å². The van der Waals surface area contributed by atoms with Gasteiger partial charge in [-0.1, -0.05) is 153 Å². The summed E-state index contributed by atoms with van der Waals surface area (Å²) in [4.78, 5) is 12.2. The maximum atomic E-state index is 6.08. The molecule has 1 atom stereocenters. The molecule has 326 valence electrons. The van der Waals surface area contributed by atoms with E-state index >= 15 is 0 Å². The van der Waals surface area contributed by atoms with Gasteiger partial charge in [0.05, 0.1) is 44.1 Å². The van der Waals surface area contributed by atoms with Gasteiger partial charge < -0.3 is 0 Å². The van der Waals surface area contributed by atoms with Gasteiger partial charge in [0.15, 0.2) is 11.4 Å². The topological polar surface area (TPSA) is 40.6 Å². The number of fused-ring (bicyclic) bond motifs is 16. The number of nitrogens with zero attached hydrogens (tertiary/aromatic N) is 6. The smallest absolute Gasteiger partial charge is 0.202 e. The Morgan fingerprint density at radius 2 is 0.887 bits per heavy atom. The molecule has 8 heterocycles. The summed E-state index contributed by atoms with van der Waals surface area (Å²) in [6, 6.07) is 72.2. The highest BCUT2D eigenvalue weighted by atomic mass is 79.9. The van der Waals surface area contributed by atoms with Crippen molar-refractivity contribution in [1.82, 2.24) is 9.13 Å². The fourth-order valence-corrected chi connectivity index (χ4v) is 13.8. The minimum absolute atomic E-state index is 0.926. The van der Waals surface area contributed by atoms with Crippen molar-refractivity contribution in [3.63, 3.8) is 0 Å². The molecule has 8 heteroatoms. The number of hydrogen-bond acceptors (Lipinski definition) is 2. The zero-order chi connectivity index (χ0) is 46.2. The summed E-state index contributed by atoms with van der Waals surface area (Å²) >= 11 is 7.63. The highest BCUT2D eigenvalue weighted by Crippen LogP contribution is 2.58. The second-order valence-electron chi connectivity index (χ2n) is 19.6. The maximum Gasteiger partial charge on any atom is 0.441 e. The molecule has 0 aliphatic carbocycles. The van der Waals surface area contributed by atoms with Gasteiger partial charge in [-0.3, -0.25) is 0 Å². The minimum atomic E-state index is -1.13. The molecule has 2 aromatic heterocycles. The molecule has 6 aliphatic rings. The minimum Gasteiger partial charge on any atom is -0.202 e. The Kier molecular flexibility index (Phi) is 6.73. The van der Waals surface area contributed by atoms with Gasteiger partial charge in [0, 0.05) is 30.8 Å². The van der Waals surface area contributed by atoms with Crippen molar-refractivity contribution in [3.8, 4) is 0 Å². The van der Waals surface area contributed by atoms with E-state index in [9.17, 15) is 0 Å². The zero-order valence-corrected chi connectivity index (χ0v) is 40.6. The molecule has 0 saturated carbocycles. The first-order valence-electron chi connectivity index (χ1n) is 24.0. The third kappa shape index (κ3) is 4.39. The van der Waals surface area contributed by atoms with Crippen LogP contribution in [0.5, 0.6) is 0 Å². The van der Waals surface area contributed by atoms with Crippen molar-refractivity contribution < 1.29 is 9.15 Å². The van der Waals surface area contributed by atoms with E-state index in [0.29, 0.717) is 0 Å². The summed E-state index contributed by atoms with van der Waals surface area (Å²) in [7, 11) is 0. The van der Waals surface area contributed by atoms with E-state index in [2.05, 4.69) is 244 Å². The van der Waals surface area contributed by atoms with Crippen molar-refractivity contribution in [3.05, 3.63) is 253 Å². The number of amidine groups is 2. The molecule has 0 bridgehead atoms. The predicted molar refractivity (Wildman–Crippen MR) is 293 cm³/mol. The van der Waals surface area contributed by atoms with Gasteiger partial charge in [0.1, 0.15) is 0 Å². The van der Waals surface area contributed by atoms with Crippen LogP contribution in [0.15, 0.2) is 213 Å². The summed E-state index contributed by atoms with van der Waals surface area (Å²) in [5, 5.41) is 15.2. The number of aliphatic imine (C=N–C) groups is 1. The average molecular weight is 1030 g/mol. The van der Waals surface area contributed by atoms with Crippen LogP contribution in [0.3, 0.4) is 0 Å². The Bertz CT molecular complexity index is 4930. The molecule has 1 unspecified atom stereocenters. The lowest BCUT2D eigenvalue weighted by Crippen LogP contribution is -2.71. The Labute approximate surface area is 421 Å². The normalized spacial score (nSPS) is 17.5. The third-order valence-corrected chi connectivity index (χ3v) is 17.2. The molecule has 0 N–H and O–H groups in total. The SMILES string of the molecule is Brc1ccc(C2=C3c4cc5ccccc5cc4C4=[N+]3C35n6c(c7cc8ccccc8cc7c62)N=C2c6cc7ccccc7cc6C(=[N+]23)C(c2ccc(Br)cc2)=c2c3cc6ccccc6cc3c(n25)=N4)cc1. The van der Waals surface area contributed by atoms with Crippen molar-refractivity contribution in [2.24, 2.45) is 9.98 Å². The Balaban J connectivity index is 1.17. The molecule has 0 amide bonds. The molecule has 6 aliphatic heterocycles. The number of aromatic nitrogens is 2. The maximum absolute atomic E-state index is 6.08. The summed E-state index contributed by atoms with van der Waals surface area (Å²) in [6.45, 7) is 0. The van der Waals surface area contributed by atoms with Gasteiger partial charge >= 0.3 is 17.6 Å². The monoisotopic (exact) mass is 1030 g/mol. The number of rotatable bonds is 2. The van der Waals surface area contributed by atoms with Crippen molar-refractivity contribution in [2.45, 2.75) is 5.91 Å². The van der Waals surface area contributed by atoms with Crippen LogP contribution in [0.2, 0.25) is 0 Å². The van der Waals surface area contributed by atoms with E-state index < -0.39 is 5.91 Å².